The zero-order valence-electron chi connectivity index (χ0n) is 10.5. The molecule has 0 aromatic heterocycles. The third-order valence-corrected chi connectivity index (χ3v) is 3.53. The zero-order chi connectivity index (χ0) is 13.2. The first-order valence-corrected chi connectivity index (χ1v) is 6.49. The molecule has 0 radical (unpaired) electrons. The number of hydrogen-bond acceptors (Lipinski definition) is 3. The summed E-state index contributed by atoms with van der Waals surface area (Å²) in [5.41, 5.74) is 3.23. The maximum absolute atomic E-state index is 5.41. The highest BCUT2D eigenvalue weighted by molar-refractivity contribution is 7.80. The Morgan fingerprint density at radius 1 is 1.00 bits per heavy atom. The lowest BCUT2D eigenvalue weighted by molar-refractivity contribution is 0.414. The highest BCUT2D eigenvalue weighted by atomic mass is 32.1. The van der Waals surface area contributed by atoms with Crippen LogP contribution in [0.15, 0.2) is 48.5 Å². The SMILES string of the molecule is COc1ccc(C2NC(=S)c3ccccc3N2)cc1. The number of hydrogen-bond donors (Lipinski definition) is 2. The fourth-order valence-electron chi connectivity index (χ4n) is 2.17. The number of fused-ring (bicyclic) bond motifs is 1. The van der Waals surface area contributed by atoms with Crippen LogP contribution in [0.25, 0.3) is 0 Å². The van der Waals surface area contributed by atoms with E-state index in [9.17, 15) is 0 Å². The van der Waals surface area contributed by atoms with Crippen LogP contribution in [-0.2, 0) is 0 Å². The number of nitrogens with one attached hydrogen (secondary N) is 2. The van der Waals surface area contributed by atoms with Gasteiger partial charge in [-0.3, -0.25) is 0 Å². The van der Waals surface area contributed by atoms with Crippen LogP contribution >= 0.6 is 12.2 Å². The van der Waals surface area contributed by atoms with E-state index < -0.39 is 0 Å². The summed E-state index contributed by atoms with van der Waals surface area (Å²) in [5.74, 6) is 0.850. The highest BCUT2D eigenvalue weighted by Gasteiger charge is 2.21. The fraction of sp³-hybridized carbons (Fsp3) is 0.133. The van der Waals surface area contributed by atoms with Crippen molar-refractivity contribution in [3.05, 3.63) is 59.7 Å². The second kappa shape index (κ2) is 4.90. The van der Waals surface area contributed by atoms with E-state index in [1.165, 1.54) is 0 Å². The van der Waals surface area contributed by atoms with E-state index in [0.29, 0.717) is 0 Å². The molecule has 2 aromatic rings. The number of anilines is 1. The van der Waals surface area contributed by atoms with E-state index >= 15 is 0 Å². The van der Waals surface area contributed by atoms with Gasteiger partial charge in [0, 0.05) is 11.3 Å². The van der Waals surface area contributed by atoms with Crippen molar-refractivity contribution < 1.29 is 4.74 Å². The van der Waals surface area contributed by atoms with Crippen LogP contribution in [0.4, 0.5) is 5.69 Å². The molecular formula is C15H14N2OS. The van der Waals surface area contributed by atoms with E-state index in [1.807, 2.05) is 48.5 Å². The Morgan fingerprint density at radius 2 is 1.74 bits per heavy atom. The minimum absolute atomic E-state index is 0.00620. The van der Waals surface area contributed by atoms with Crippen molar-refractivity contribution in [1.29, 1.82) is 0 Å². The van der Waals surface area contributed by atoms with Gasteiger partial charge in [-0.2, -0.15) is 0 Å². The Kier molecular flexibility index (Phi) is 3.09. The molecule has 0 spiro atoms. The van der Waals surface area contributed by atoms with Crippen LogP contribution in [0.1, 0.15) is 17.3 Å². The Balaban J connectivity index is 1.90. The van der Waals surface area contributed by atoms with Crippen molar-refractivity contribution in [3.63, 3.8) is 0 Å². The molecule has 2 N–H and O–H groups in total. The molecule has 19 heavy (non-hydrogen) atoms. The lowest BCUT2D eigenvalue weighted by Crippen LogP contribution is -2.37. The maximum atomic E-state index is 5.41. The monoisotopic (exact) mass is 270 g/mol. The third kappa shape index (κ3) is 2.27. The van der Waals surface area contributed by atoms with E-state index in [4.69, 9.17) is 17.0 Å². The molecule has 2 aromatic carbocycles. The lowest BCUT2D eigenvalue weighted by atomic mass is 10.1. The first-order valence-electron chi connectivity index (χ1n) is 6.08. The molecule has 3 nitrogen and oxygen atoms in total. The summed E-state index contributed by atoms with van der Waals surface area (Å²) in [6.45, 7) is 0. The van der Waals surface area contributed by atoms with E-state index in [1.54, 1.807) is 7.11 Å². The van der Waals surface area contributed by atoms with Crippen LogP contribution in [0.5, 0.6) is 5.75 Å². The maximum Gasteiger partial charge on any atom is 0.124 e. The topological polar surface area (TPSA) is 33.3 Å². The van der Waals surface area contributed by atoms with Crippen LogP contribution < -0.4 is 15.4 Å². The fourth-order valence-corrected chi connectivity index (χ4v) is 2.47. The van der Waals surface area contributed by atoms with Gasteiger partial charge in [0.15, 0.2) is 0 Å². The first-order chi connectivity index (χ1) is 9.28. The molecule has 0 aliphatic carbocycles. The summed E-state index contributed by atoms with van der Waals surface area (Å²) in [4.78, 5) is 0.773. The molecule has 3 rings (SSSR count). The molecule has 0 amide bonds. The number of rotatable bonds is 2. The smallest absolute Gasteiger partial charge is 0.124 e. The molecule has 0 saturated heterocycles. The average molecular weight is 270 g/mol. The quantitative estimate of drug-likeness (QED) is 0.822. The number of benzene rings is 2. The number of methoxy groups -OCH3 is 1. The number of para-hydroxylation sites is 1. The molecule has 1 heterocycles. The zero-order valence-corrected chi connectivity index (χ0v) is 11.3. The predicted octanol–water partition coefficient (Wildman–Crippen LogP) is 3.08. The Labute approximate surface area is 117 Å². The van der Waals surface area contributed by atoms with E-state index in [0.717, 1.165) is 27.6 Å². The first kappa shape index (κ1) is 12.0. The standard InChI is InChI=1S/C15H14N2OS/c1-18-11-8-6-10(7-9-11)14-16-13-5-3-2-4-12(13)15(19)17-14/h2-9,14,16H,1H3,(H,17,19). The minimum atomic E-state index is -0.00620. The van der Waals surface area contributed by atoms with Crippen molar-refractivity contribution in [2.45, 2.75) is 6.17 Å². The molecule has 0 saturated carbocycles. The summed E-state index contributed by atoms with van der Waals surface area (Å²) in [6.07, 6.45) is -0.00620. The summed E-state index contributed by atoms with van der Waals surface area (Å²) in [5, 5.41) is 6.75. The Morgan fingerprint density at radius 3 is 2.47 bits per heavy atom. The number of ether oxygens (including phenoxy) is 1. The molecule has 0 bridgehead atoms. The van der Waals surface area contributed by atoms with Gasteiger partial charge < -0.3 is 15.4 Å². The van der Waals surface area contributed by atoms with Crippen LogP contribution in [-0.4, -0.2) is 12.1 Å². The van der Waals surface area contributed by atoms with Gasteiger partial charge in [0.05, 0.1) is 7.11 Å². The molecule has 1 aliphatic heterocycles. The van der Waals surface area contributed by atoms with Gasteiger partial charge in [-0.25, -0.2) is 0 Å². The van der Waals surface area contributed by atoms with Crippen molar-refractivity contribution >= 4 is 22.9 Å². The normalized spacial score (nSPS) is 17.1. The van der Waals surface area contributed by atoms with Crippen LogP contribution in [0.3, 0.4) is 0 Å². The average Bonchev–Trinajstić information content (AvgIpc) is 2.47. The van der Waals surface area contributed by atoms with Gasteiger partial charge in [0.1, 0.15) is 16.9 Å². The predicted molar refractivity (Wildman–Crippen MR) is 80.6 cm³/mol. The summed E-state index contributed by atoms with van der Waals surface area (Å²) in [7, 11) is 1.66. The van der Waals surface area contributed by atoms with E-state index in [2.05, 4.69) is 10.6 Å². The molecule has 1 aliphatic rings. The largest absolute Gasteiger partial charge is 0.497 e. The second-order valence-corrected chi connectivity index (χ2v) is 4.78. The van der Waals surface area contributed by atoms with Gasteiger partial charge in [0.2, 0.25) is 0 Å². The van der Waals surface area contributed by atoms with Gasteiger partial charge in [-0.15, -0.1) is 0 Å². The molecule has 4 heteroatoms. The van der Waals surface area contributed by atoms with Gasteiger partial charge >= 0.3 is 0 Å². The van der Waals surface area contributed by atoms with Crippen molar-refractivity contribution in [2.24, 2.45) is 0 Å². The highest BCUT2D eigenvalue weighted by Crippen LogP contribution is 2.27. The summed E-state index contributed by atoms with van der Waals surface area (Å²) >= 11 is 5.41. The minimum Gasteiger partial charge on any atom is -0.497 e. The summed E-state index contributed by atoms with van der Waals surface area (Å²) in [6, 6.07) is 16.0. The van der Waals surface area contributed by atoms with Crippen molar-refractivity contribution in [1.82, 2.24) is 5.32 Å². The lowest BCUT2D eigenvalue weighted by Gasteiger charge is -2.29. The number of thiocarbonyl (C=S) groups is 1. The van der Waals surface area contributed by atoms with Crippen molar-refractivity contribution in [3.8, 4) is 5.75 Å². The van der Waals surface area contributed by atoms with Crippen LogP contribution in [0.2, 0.25) is 0 Å². The molecule has 1 atom stereocenters. The summed E-state index contributed by atoms with van der Waals surface area (Å²) < 4.78 is 5.17. The van der Waals surface area contributed by atoms with E-state index in [-0.39, 0.29) is 6.17 Å². The molecule has 0 fully saturated rings. The molecule has 1 unspecified atom stereocenters. The van der Waals surface area contributed by atoms with Gasteiger partial charge in [0.25, 0.3) is 0 Å². The molecule has 96 valence electrons. The van der Waals surface area contributed by atoms with Gasteiger partial charge in [-0.1, -0.05) is 36.5 Å². The second-order valence-electron chi connectivity index (χ2n) is 4.37. The third-order valence-electron chi connectivity index (χ3n) is 3.20. The van der Waals surface area contributed by atoms with Crippen molar-refractivity contribution in [2.75, 3.05) is 12.4 Å². The Bertz CT molecular complexity index is 610. The van der Waals surface area contributed by atoms with Crippen LogP contribution in [0, 0.1) is 0 Å². The van der Waals surface area contributed by atoms with Gasteiger partial charge in [-0.05, 0) is 29.8 Å². The Hall–Kier alpha value is -2.07. The molecular weight excluding hydrogens is 256 g/mol.